The molecule has 0 aromatic rings. The summed E-state index contributed by atoms with van der Waals surface area (Å²) in [6.45, 7) is 5.69. The SMILES string of the molecule is CC(=O)CCCC(=O)NC(C)(C)C(C)(O)COP(O)N=O. The number of nitroso groups, excluding NO2 is 1. The van der Waals surface area contributed by atoms with Gasteiger partial charge in [-0.3, -0.25) is 4.79 Å². The highest BCUT2D eigenvalue weighted by Crippen LogP contribution is 2.35. The topological polar surface area (TPSA) is 125 Å². The predicted molar refractivity (Wildman–Crippen MR) is 78.3 cm³/mol. The highest BCUT2D eigenvalue weighted by Gasteiger charge is 2.41. The molecule has 0 aliphatic carbocycles. The van der Waals surface area contributed by atoms with E-state index in [1.165, 1.54) is 13.8 Å². The first-order valence-electron chi connectivity index (χ1n) is 6.50. The van der Waals surface area contributed by atoms with Crippen molar-refractivity contribution in [3.8, 4) is 0 Å². The molecule has 0 radical (unpaired) electrons. The monoisotopic (exact) mass is 322 g/mol. The first-order chi connectivity index (χ1) is 9.51. The van der Waals surface area contributed by atoms with E-state index in [9.17, 15) is 19.6 Å². The Balaban J connectivity index is 4.45. The second-order valence-electron chi connectivity index (χ2n) is 5.61. The Kier molecular flexibility index (Phi) is 8.10. The number of nitrogens with zero attached hydrogens (tertiary/aromatic N) is 1. The number of nitrogens with one attached hydrogen (secondary N) is 1. The standard InChI is InChI=1S/C12H23N2O6P/c1-9(15)6-5-7-10(16)13-11(2,3)12(4,17)8-20-21(19)14-18/h17,19H,5-8H2,1-4H3,(H,13,16). The summed E-state index contributed by atoms with van der Waals surface area (Å²) in [5, 5.41) is 13.0. The number of ketones is 1. The molecule has 0 aliphatic rings. The molecule has 0 fully saturated rings. The van der Waals surface area contributed by atoms with Gasteiger partial charge in [0.1, 0.15) is 11.4 Å². The molecule has 2 unspecified atom stereocenters. The van der Waals surface area contributed by atoms with Crippen molar-refractivity contribution in [3.63, 3.8) is 0 Å². The zero-order valence-electron chi connectivity index (χ0n) is 12.8. The molecule has 0 saturated heterocycles. The van der Waals surface area contributed by atoms with Crippen LogP contribution in [0.25, 0.3) is 0 Å². The minimum atomic E-state index is -2.47. The third-order valence-corrected chi connectivity index (χ3v) is 3.76. The Morgan fingerprint density at radius 1 is 1.29 bits per heavy atom. The second-order valence-corrected chi connectivity index (χ2v) is 6.54. The third kappa shape index (κ3) is 7.57. The van der Waals surface area contributed by atoms with Crippen LogP contribution in [0.5, 0.6) is 0 Å². The highest BCUT2D eigenvalue weighted by molar-refractivity contribution is 7.44. The van der Waals surface area contributed by atoms with Crippen LogP contribution in [0.15, 0.2) is 4.95 Å². The van der Waals surface area contributed by atoms with Gasteiger partial charge in [0.25, 0.3) is 0 Å². The lowest BCUT2D eigenvalue weighted by Gasteiger charge is -2.40. The van der Waals surface area contributed by atoms with Crippen LogP contribution in [0.4, 0.5) is 0 Å². The molecule has 0 aromatic carbocycles. The van der Waals surface area contributed by atoms with E-state index in [1.807, 2.05) is 0 Å². The first kappa shape index (κ1) is 20.1. The van der Waals surface area contributed by atoms with Crippen LogP contribution in [0.2, 0.25) is 0 Å². The Morgan fingerprint density at radius 3 is 2.33 bits per heavy atom. The van der Waals surface area contributed by atoms with Gasteiger partial charge in [-0.1, -0.05) is 0 Å². The number of carbonyl (C=O) groups is 2. The fraction of sp³-hybridized carbons (Fsp3) is 0.833. The van der Waals surface area contributed by atoms with Gasteiger partial charge in [-0.2, -0.15) is 0 Å². The predicted octanol–water partition coefficient (Wildman–Crippen LogP) is 1.39. The van der Waals surface area contributed by atoms with Crippen molar-refractivity contribution in [3.05, 3.63) is 4.91 Å². The van der Waals surface area contributed by atoms with Crippen LogP contribution in [0.3, 0.4) is 0 Å². The number of Topliss-reactive ketones (excluding diaryl/α,β-unsaturated/α-hetero) is 1. The molecule has 0 rings (SSSR count). The van der Waals surface area contributed by atoms with E-state index < -0.39 is 19.7 Å². The fourth-order valence-corrected chi connectivity index (χ4v) is 1.84. The van der Waals surface area contributed by atoms with Gasteiger partial charge in [-0.15, -0.1) is 4.91 Å². The molecule has 21 heavy (non-hydrogen) atoms. The van der Waals surface area contributed by atoms with Gasteiger partial charge in [-0.25, -0.2) is 0 Å². The van der Waals surface area contributed by atoms with Crippen LogP contribution < -0.4 is 5.32 Å². The van der Waals surface area contributed by atoms with E-state index in [0.717, 1.165) is 0 Å². The molecule has 0 saturated carbocycles. The Bertz CT molecular complexity index is 386. The minimum Gasteiger partial charge on any atom is -0.385 e. The van der Waals surface area contributed by atoms with Gasteiger partial charge in [0, 0.05) is 17.8 Å². The van der Waals surface area contributed by atoms with E-state index in [2.05, 4.69) is 10.3 Å². The van der Waals surface area contributed by atoms with Crippen LogP contribution in [-0.4, -0.2) is 39.4 Å². The average molecular weight is 322 g/mol. The molecule has 0 aromatic heterocycles. The summed E-state index contributed by atoms with van der Waals surface area (Å²) in [4.78, 5) is 43.9. The van der Waals surface area contributed by atoms with Crippen LogP contribution in [0.1, 0.15) is 47.0 Å². The maximum absolute atomic E-state index is 11.8. The van der Waals surface area contributed by atoms with Crippen LogP contribution >= 0.6 is 8.53 Å². The average Bonchev–Trinajstić information content (AvgIpc) is 2.34. The zero-order valence-corrected chi connectivity index (χ0v) is 13.6. The van der Waals surface area contributed by atoms with Gasteiger partial charge >= 0.3 is 8.53 Å². The molecule has 8 nitrogen and oxygen atoms in total. The third-order valence-electron chi connectivity index (χ3n) is 3.26. The van der Waals surface area contributed by atoms with E-state index in [1.54, 1.807) is 13.8 Å². The smallest absolute Gasteiger partial charge is 0.350 e. The van der Waals surface area contributed by atoms with Crippen molar-refractivity contribution in [2.24, 2.45) is 4.95 Å². The van der Waals surface area contributed by atoms with E-state index >= 15 is 0 Å². The molecular formula is C12H23N2O6P. The van der Waals surface area contributed by atoms with Crippen LogP contribution in [0, 0.1) is 4.91 Å². The summed E-state index contributed by atoms with van der Waals surface area (Å²) in [7, 11) is -2.47. The number of rotatable bonds is 10. The summed E-state index contributed by atoms with van der Waals surface area (Å²) < 4.78 is 4.73. The van der Waals surface area contributed by atoms with Gasteiger partial charge < -0.3 is 24.6 Å². The maximum atomic E-state index is 11.8. The van der Waals surface area contributed by atoms with Crippen molar-refractivity contribution >= 4 is 20.2 Å². The molecule has 0 bridgehead atoms. The summed E-state index contributed by atoms with van der Waals surface area (Å²) in [6.07, 6.45) is 0.933. The van der Waals surface area contributed by atoms with Gasteiger partial charge in [0.2, 0.25) is 5.91 Å². The summed E-state index contributed by atoms with van der Waals surface area (Å²) in [5.74, 6) is -0.290. The molecule has 3 N–H and O–H groups in total. The molecular weight excluding hydrogens is 299 g/mol. The zero-order chi connectivity index (χ0) is 16.7. The number of aliphatic hydroxyl groups is 1. The normalized spacial score (nSPS) is 15.9. The van der Waals surface area contributed by atoms with E-state index in [4.69, 9.17) is 9.42 Å². The molecule has 2 atom stereocenters. The Hall–Kier alpha value is -0.950. The first-order valence-corrected chi connectivity index (χ1v) is 7.66. The van der Waals surface area contributed by atoms with Crippen molar-refractivity contribution in [2.75, 3.05) is 6.61 Å². The van der Waals surface area contributed by atoms with Crippen LogP contribution in [-0.2, 0) is 14.1 Å². The van der Waals surface area contributed by atoms with Crippen molar-refractivity contribution in [1.82, 2.24) is 5.32 Å². The number of hydrogen-bond acceptors (Lipinski definition) is 7. The summed E-state index contributed by atoms with van der Waals surface area (Å²) >= 11 is 0. The van der Waals surface area contributed by atoms with Gasteiger partial charge in [0.15, 0.2) is 0 Å². The highest BCUT2D eigenvalue weighted by atomic mass is 31.2. The largest absolute Gasteiger partial charge is 0.385 e. The van der Waals surface area contributed by atoms with E-state index in [0.29, 0.717) is 12.8 Å². The number of carbonyl (C=O) groups excluding carboxylic acids is 2. The number of amides is 1. The van der Waals surface area contributed by atoms with Gasteiger partial charge in [0.05, 0.1) is 12.1 Å². The minimum absolute atomic E-state index is 0.0140. The van der Waals surface area contributed by atoms with E-state index in [-0.39, 0.29) is 24.7 Å². The molecule has 0 aliphatic heterocycles. The number of hydrogen-bond donors (Lipinski definition) is 3. The second kappa shape index (κ2) is 8.48. The lowest BCUT2D eigenvalue weighted by molar-refractivity contribution is -0.128. The Morgan fingerprint density at radius 2 is 1.86 bits per heavy atom. The van der Waals surface area contributed by atoms with Crippen molar-refractivity contribution in [1.29, 1.82) is 0 Å². The van der Waals surface area contributed by atoms with Crippen molar-refractivity contribution in [2.45, 2.75) is 58.1 Å². The Labute approximate surface area is 125 Å². The molecule has 9 heteroatoms. The molecule has 0 heterocycles. The lowest BCUT2D eigenvalue weighted by atomic mass is 9.84. The summed E-state index contributed by atoms with van der Waals surface area (Å²) in [6, 6.07) is 0. The molecule has 122 valence electrons. The molecule has 0 spiro atoms. The van der Waals surface area contributed by atoms with Gasteiger partial charge in [-0.05, 0) is 34.1 Å². The fourth-order valence-electron chi connectivity index (χ4n) is 1.43. The maximum Gasteiger partial charge on any atom is 0.350 e. The lowest BCUT2D eigenvalue weighted by Crippen LogP contribution is -2.61. The van der Waals surface area contributed by atoms with Crippen molar-refractivity contribution < 1.29 is 24.1 Å². The molecule has 1 amide bonds. The summed E-state index contributed by atoms with van der Waals surface area (Å²) in [5.41, 5.74) is -2.57. The quantitative estimate of drug-likeness (QED) is 0.412.